The fraction of sp³-hybridized carbons (Fsp3) is 0.125. The molecule has 0 saturated carbocycles. The van der Waals surface area contributed by atoms with Crippen LogP contribution in [0.2, 0.25) is 0 Å². The molecule has 0 fully saturated rings. The molecule has 1 aromatic rings. The zero-order chi connectivity index (χ0) is 8.27. The summed E-state index contributed by atoms with van der Waals surface area (Å²) in [6.07, 6.45) is 0. The lowest BCUT2D eigenvalue weighted by molar-refractivity contribution is 1.31. The van der Waals surface area contributed by atoms with Crippen LogP contribution in [0.3, 0.4) is 0 Å². The molecule has 11 heavy (non-hydrogen) atoms. The van der Waals surface area contributed by atoms with Gasteiger partial charge in [0.2, 0.25) is 0 Å². The quantitative estimate of drug-likeness (QED) is 0.526. The fourth-order valence-corrected chi connectivity index (χ4v) is 0.983. The summed E-state index contributed by atoms with van der Waals surface area (Å²) in [6.45, 7) is 0. The van der Waals surface area contributed by atoms with Gasteiger partial charge in [0.15, 0.2) is 0 Å². The molecule has 0 atom stereocenters. The number of hydrogen-bond donors (Lipinski definition) is 1. The van der Waals surface area contributed by atoms with Gasteiger partial charge in [0.05, 0.1) is 0 Å². The van der Waals surface area contributed by atoms with Crippen molar-refractivity contribution in [2.45, 2.75) is 0 Å². The molecule has 0 aliphatic rings. The number of rotatable bonds is 1. The van der Waals surface area contributed by atoms with Crippen LogP contribution in [0, 0.1) is 0 Å². The van der Waals surface area contributed by atoms with Gasteiger partial charge in [0.1, 0.15) is 4.32 Å². The number of thiocarbonyl (C=S) groups is 1. The second-order valence-electron chi connectivity index (χ2n) is 2.18. The predicted octanol–water partition coefficient (Wildman–Crippen LogP) is 2.34. The maximum Gasteiger partial charge on any atom is 0.137 e. The molecule has 0 aliphatic carbocycles. The first kappa shape index (κ1) is 8.56. The molecule has 0 N–H and O–H groups in total. The minimum absolute atomic E-state index is 0.580. The van der Waals surface area contributed by atoms with E-state index in [9.17, 15) is 0 Å². The second kappa shape index (κ2) is 3.74. The molecule has 0 bridgehead atoms. The molecule has 0 unspecified atom stereocenters. The number of hydrogen-bond acceptors (Lipinski definition) is 1. The average molecular weight is 183 g/mol. The van der Waals surface area contributed by atoms with Crippen molar-refractivity contribution in [3.05, 3.63) is 30.3 Å². The molecule has 0 saturated heterocycles. The van der Waals surface area contributed by atoms with Gasteiger partial charge in [-0.25, -0.2) is 0 Å². The fourth-order valence-electron chi connectivity index (χ4n) is 0.762. The van der Waals surface area contributed by atoms with Crippen LogP contribution in [0.4, 0.5) is 5.69 Å². The molecule has 58 valence electrons. The zero-order valence-corrected chi connectivity index (χ0v) is 7.90. The highest BCUT2D eigenvalue weighted by Gasteiger charge is 1.99. The summed E-state index contributed by atoms with van der Waals surface area (Å²) in [4.78, 5) is 1.85. The van der Waals surface area contributed by atoms with E-state index in [1.54, 1.807) is 0 Å². The van der Waals surface area contributed by atoms with Gasteiger partial charge in [-0.3, -0.25) is 0 Å². The zero-order valence-electron chi connectivity index (χ0n) is 6.19. The molecule has 1 nitrogen and oxygen atoms in total. The van der Waals surface area contributed by atoms with E-state index in [0.29, 0.717) is 4.32 Å². The molecule has 0 heterocycles. The van der Waals surface area contributed by atoms with E-state index in [1.807, 2.05) is 42.3 Å². The van der Waals surface area contributed by atoms with E-state index in [4.69, 9.17) is 12.2 Å². The van der Waals surface area contributed by atoms with E-state index in [-0.39, 0.29) is 0 Å². The smallest absolute Gasteiger partial charge is 0.137 e. The highest BCUT2D eigenvalue weighted by atomic mass is 32.1. The number of anilines is 1. The van der Waals surface area contributed by atoms with Crippen LogP contribution in [0.25, 0.3) is 0 Å². The summed E-state index contributed by atoms with van der Waals surface area (Å²) in [6, 6.07) is 9.89. The van der Waals surface area contributed by atoms with E-state index >= 15 is 0 Å². The molecule has 3 heteroatoms. The molecule has 1 aromatic carbocycles. The molecular weight excluding hydrogens is 174 g/mol. The van der Waals surface area contributed by atoms with E-state index in [2.05, 4.69) is 12.6 Å². The summed E-state index contributed by atoms with van der Waals surface area (Å²) in [5.74, 6) is 0. The summed E-state index contributed by atoms with van der Waals surface area (Å²) < 4.78 is 0.580. The van der Waals surface area contributed by atoms with Crippen LogP contribution in [0.15, 0.2) is 30.3 Å². The van der Waals surface area contributed by atoms with Crippen molar-refractivity contribution in [3.8, 4) is 0 Å². The van der Waals surface area contributed by atoms with E-state index in [0.717, 1.165) is 5.69 Å². The molecule has 0 amide bonds. The lowest BCUT2D eigenvalue weighted by Gasteiger charge is -2.15. The highest BCUT2D eigenvalue weighted by Crippen LogP contribution is 2.12. The van der Waals surface area contributed by atoms with Crippen LogP contribution in [-0.2, 0) is 0 Å². The first-order valence-corrected chi connectivity index (χ1v) is 4.09. The summed E-state index contributed by atoms with van der Waals surface area (Å²) in [7, 11) is 1.89. The Balaban J connectivity index is 2.85. The SMILES string of the molecule is CN(C(=S)S)c1ccccc1. The van der Waals surface area contributed by atoms with Gasteiger partial charge in [-0.05, 0) is 12.1 Å². The van der Waals surface area contributed by atoms with Crippen LogP contribution in [-0.4, -0.2) is 11.4 Å². The van der Waals surface area contributed by atoms with Crippen molar-refractivity contribution in [3.63, 3.8) is 0 Å². The Kier molecular flexibility index (Phi) is 2.91. The predicted molar refractivity (Wildman–Crippen MR) is 56.4 cm³/mol. The van der Waals surface area contributed by atoms with Gasteiger partial charge in [-0.15, -0.1) is 12.6 Å². The van der Waals surface area contributed by atoms with Crippen molar-refractivity contribution in [2.75, 3.05) is 11.9 Å². The van der Waals surface area contributed by atoms with Gasteiger partial charge in [-0.1, -0.05) is 30.4 Å². The molecule has 0 spiro atoms. The number of para-hydroxylation sites is 1. The maximum absolute atomic E-state index is 4.89. The van der Waals surface area contributed by atoms with Crippen LogP contribution in [0.1, 0.15) is 0 Å². The molecular formula is C8H9NS2. The third kappa shape index (κ3) is 2.20. The second-order valence-corrected chi connectivity index (χ2v) is 3.29. The van der Waals surface area contributed by atoms with Crippen molar-refractivity contribution >= 4 is 34.9 Å². The molecule has 0 radical (unpaired) electrons. The van der Waals surface area contributed by atoms with Crippen LogP contribution in [0.5, 0.6) is 0 Å². The van der Waals surface area contributed by atoms with E-state index < -0.39 is 0 Å². The normalized spacial score (nSPS) is 9.27. The van der Waals surface area contributed by atoms with Crippen molar-refractivity contribution in [2.24, 2.45) is 0 Å². The third-order valence-electron chi connectivity index (χ3n) is 1.43. The molecule has 0 aliphatic heterocycles. The van der Waals surface area contributed by atoms with Crippen molar-refractivity contribution in [1.82, 2.24) is 0 Å². The van der Waals surface area contributed by atoms with Crippen molar-refractivity contribution in [1.29, 1.82) is 0 Å². The maximum atomic E-state index is 4.89. The number of benzene rings is 1. The Morgan fingerprint density at radius 3 is 2.36 bits per heavy atom. The van der Waals surface area contributed by atoms with Gasteiger partial charge < -0.3 is 4.90 Å². The Morgan fingerprint density at radius 2 is 1.91 bits per heavy atom. The highest BCUT2D eigenvalue weighted by molar-refractivity contribution is 8.11. The first-order chi connectivity index (χ1) is 5.22. The Labute approximate surface area is 77.4 Å². The summed E-state index contributed by atoms with van der Waals surface area (Å²) in [5.41, 5.74) is 1.06. The molecule has 1 rings (SSSR count). The van der Waals surface area contributed by atoms with Gasteiger partial charge in [-0.2, -0.15) is 0 Å². The third-order valence-corrected chi connectivity index (χ3v) is 2.00. The Morgan fingerprint density at radius 1 is 1.36 bits per heavy atom. The lowest BCUT2D eigenvalue weighted by Crippen LogP contribution is -2.18. The monoisotopic (exact) mass is 183 g/mol. The summed E-state index contributed by atoms with van der Waals surface area (Å²) >= 11 is 8.95. The van der Waals surface area contributed by atoms with Gasteiger partial charge in [0, 0.05) is 12.7 Å². The summed E-state index contributed by atoms with van der Waals surface area (Å²) in [5, 5.41) is 0. The Hall–Kier alpha value is -0.540. The van der Waals surface area contributed by atoms with Gasteiger partial charge >= 0.3 is 0 Å². The average Bonchev–Trinajstić information content (AvgIpc) is 2.05. The minimum atomic E-state index is 0.580. The minimum Gasteiger partial charge on any atom is -0.331 e. The Bertz CT molecular complexity index is 246. The van der Waals surface area contributed by atoms with Gasteiger partial charge in [0.25, 0.3) is 0 Å². The van der Waals surface area contributed by atoms with Crippen LogP contribution < -0.4 is 4.90 Å². The number of nitrogens with zero attached hydrogens (tertiary/aromatic N) is 1. The molecule has 0 aromatic heterocycles. The van der Waals surface area contributed by atoms with E-state index in [1.165, 1.54) is 0 Å². The lowest BCUT2D eigenvalue weighted by atomic mass is 10.3. The largest absolute Gasteiger partial charge is 0.331 e. The first-order valence-electron chi connectivity index (χ1n) is 3.23. The number of thiol groups is 1. The standard InChI is InChI=1S/C8H9NS2/c1-9(8(10)11)7-5-3-2-4-6-7/h2-6H,1H3,(H,10,11). The topological polar surface area (TPSA) is 3.24 Å². The van der Waals surface area contributed by atoms with Crippen LogP contribution >= 0.6 is 24.8 Å². The van der Waals surface area contributed by atoms with Crippen molar-refractivity contribution < 1.29 is 0 Å².